The summed E-state index contributed by atoms with van der Waals surface area (Å²) in [7, 11) is 1.45. The van der Waals surface area contributed by atoms with E-state index in [0.717, 1.165) is 9.37 Å². The summed E-state index contributed by atoms with van der Waals surface area (Å²) in [5, 5.41) is 0. The summed E-state index contributed by atoms with van der Waals surface area (Å²) in [6, 6.07) is 12.5. The van der Waals surface area contributed by atoms with Crippen LogP contribution in [-0.2, 0) is 0 Å². The first-order valence-electron chi connectivity index (χ1n) is 6.08. The average Bonchev–Trinajstić information content (AvgIpc) is 2.46. The normalized spacial score (nSPS) is 12.2. The first kappa shape index (κ1) is 15.4. The highest BCUT2D eigenvalue weighted by atomic mass is 79.9. The molecule has 106 valence electrons. The van der Waals surface area contributed by atoms with E-state index in [2.05, 4.69) is 15.9 Å². The zero-order valence-corrected chi connectivity index (χ0v) is 13.4. The molecule has 0 saturated heterocycles. The van der Waals surface area contributed by atoms with Crippen molar-refractivity contribution in [2.75, 3.05) is 12.9 Å². The third-order valence-corrected chi connectivity index (χ3v) is 5.01. The molecule has 2 aromatic rings. The second kappa shape index (κ2) is 7.11. The number of nitrogens with two attached hydrogens (primary N) is 1. The van der Waals surface area contributed by atoms with Gasteiger partial charge in [0.1, 0.15) is 0 Å². The van der Waals surface area contributed by atoms with Gasteiger partial charge in [0.05, 0.1) is 7.11 Å². The minimum atomic E-state index is -0.387. The van der Waals surface area contributed by atoms with Crippen LogP contribution in [0, 0.1) is 5.82 Å². The van der Waals surface area contributed by atoms with E-state index in [1.54, 1.807) is 30.0 Å². The van der Waals surface area contributed by atoms with Crippen molar-refractivity contribution in [2.24, 2.45) is 5.73 Å². The molecule has 0 amide bonds. The summed E-state index contributed by atoms with van der Waals surface area (Å²) in [4.78, 5) is 1.09. The fourth-order valence-corrected chi connectivity index (χ4v) is 3.35. The number of rotatable bonds is 5. The van der Waals surface area contributed by atoms with Crippen molar-refractivity contribution in [1.82, 2.24) is 0 Å². The van der Waals surface area contributed by atoms with Gasteiger partial charge < -0.3 is 10.5 Å². The third-order valence-electron chi connectivity index (χ3n) is 2.87. The first-order valence-corrected chi connectivity index (χ1v) is 7.86. The molecule has 2 nitrogen and oxygen atoms in total. The van der Waals surface area contributed by atoms with Gasteiger partial charge in [-0.15, -0.1) is 11.8 Å². The topological polar surface area (TPSA) is 35.2 Å². The number of hydrogen-bond acceptors (Lipinski definition) is 3. The molecule has 20 heavy (non-hydrogen) atoms. The molecule has 0 bridgehead atoms. The van der Waals surface area contributed by atoms with E-state index in [-0.39, 0.29) is 17.6 Å². The van der Waals surface area contributed by atoms with Crippen molar-refractivity contribution < 1.29 is 9.13 Å². The number of thioether (sulfide) groups is 1. The Morgan fingerprint density at radius 3 is 2.70 bits per heavy atom. The minimum absolute atomic E-state index is 0.226. The second-order valence-electron chi connectivity index (χ2n) is 4.21. The average molecular weight is 356 g/mol. The number of methoxy groups -OCH3 is 1. The van der Waals surface area contributed by atoms with E-state index in [1.807, 2.05) is 24.3 Å². The predicted molar refractivity (Wildman–Crippen MR) is 84.7 cm³/mol. The van der Waals surface area contributed by atoms with Crippen LogP contribution >= 0.6 is 27.7 Å². The lowest BCUT2D eigenvalue weighted by Gasteiger charge is -2.14. The van der Waals surface area contributed by atoms with Crippen LogP contribution in [0.15, 0.2) is 51.8 Å². The summed E-state index contributed by atoms with van der Waals surface area (Å²) in [6.45, 7) is 0. The van der Waals surface area contributed by atoms with Gasteiger partial charge >= 0.3 is 0 Å². The lowest BCUT2D eigenvalue weighted by molar-refractivity contribution is 0.383. The molecule has 5 heteroatoms. The molecule has 0 aliphatic carbocycles. The minimum Gasteiger partial charge on any atom is -0.494 e. The molecule has 0 aliphatic heterocycles. The van der Waals surface area contributed by atoms with Gasteiger partial charge in [0, 0.05) is 26.7 Å². The summed E-state index contributed by atoms with van der Waals surface area (Å²) in [5.74, 6) is 0.436. The summed E-state index contributed by atoms with van der Waals surface area (Å²) in [6.07, 6.45) is 0. The van der Waals surface area contributed by atoms with E-state index < -0.39 is 0 Å². The van der Waals surface area contributed by atoms with Crippen molar-refractivity contribution in [3.8, 4) is 5.75 Å². The van der Waals surface area contributed by atoms with Crippen molar-refractivity contribution >= 4 is 27.7 Å². The molecular formula is C15H15BrFNOS. The molecular weight excluding hydrogens is 341 g/mol. The molecule has 0 saturated carbocycles. The van der Waals surface area contributed by atoms with Gasteiger partial charge in [-0.25, -0.2) is 4.39 Å². The first-order chi connectivity index (χ1) is 9.63. The van der Waals surface area contributed by atoms with E-state index in [9.17, 15) is 4.39 Å². The lowest BCUT2D eigenvalue weighted by atomic mass is 10.1. The number of hydrogen-bond donors (Lipinski definition) is 1. The summed E-state index contributed by atoms with van der Waals surface area (Å²) < 4.78 is 20.1. The Hall–Kier alpha value is -1.04. The molecule has 0 aromatic heterocycles. The highest BCUT2D eigenvalue weighted by Crippen LogP contribution is 2.31. The Kier molecular flexibility index (Phi) is 5.46. The molecule has 1 atom stereocenters. The van der Waals surface area contributed by atoms with Crippen LogP contribution in [0.5, 0.6) is 5.75 Å². The molecule has 2 N–H and O–H groups in total. The van der Waals surface area contributed by atoms with E-state index in [0.29, 0.717) is 11.3 Å². The lowest BCUT2D eigenvalue weighted by Crippen LogP contribution is -2.15. The molecule has 2 rings (SSSR count). The van der Waals surface area contributed by atoms with Crippen LogP contribution in [0.25, 0.3) is 0 Å². The number of ether oxygens (including phenoxy) is 1. The number of halogens is 2. The van der Waals surface area contributed by atoms with Crippen LogP contribution in [0.1, 0.15) is 11.6 Å². The standard InChI is InChI=1S/C15H15BrFNOS/c1-19-13-7-4-5-10(15(13)17)12(18)9-20-14-8-3-2-6-11(14)16/h2-8,12H,9,18H2,1H3. The second-order valence-corrected chi connectivity index (χ2v) is 6.13. The molecule has 0 spiro atoms. The van der Waals surface area contributed by atoms with Gasteiger partial charge in [-0.3, -0.25) is 0 Å². The highest BCUT2D eigenvalue weighted by Gasteiger charge is 2.15. The molecule has 0 radical (unpaired) electrons. The van der Waals surface area contributed by atoms with Crippen LogP contribution < -0.4 is 10.5 Å². The van der Waals surface area contributed by atoms with Gasteiger partial charge in [0.25, 0.3) is 0 Å². The Balaban J connectivity index is 2.09. The monoisotopic (exact) mass is 355 g/mol. The zero-order valence-electron chi connectivity index (χ0n) is 11.0. The Labute approximate surface area is 130 Å². The molecule has 2 aromatic carbocycles. The fraction of sp³-hybridized carbons (Fsp3) is 0.200. The Morgan fingerprint density at radius 1 is 1.25 bits per heavy atom. The Morgan fingerprint density at radius 2 is 2.00 bits per heavy atom. The zero-order chi connectivity index (χ0) is 14.5. The van der Waals surface area contributed by atoms with E-state index >= 15 is 0 Å². The van der Waals surface area contributed by atoms with Gasteiger partial charge in [-0.05, 0) is 34.1 Å². The third kappa shape index (κ3) is 3.53. The largest absolute Gasteiger partial charge is 0.494 e. The van der Waals surface area contributed by atoms with Crippen LogP contribution in [0.3, 0.4) is 0 Å². The summed E-state index contributed by atoms with van der Waals surface area (Å²) in [5.41, 5.74) is 6.56. The molecule has 1 unspecified atom stereocenters. The van der Waals surface area contributed by atoms with E-state index in [4.69, 9.17) is 10.5 Å². The van der Waals surface area contributed by atoms with Crippen LogP contribution in [0.4, 0.5) is 4.39 Å². The molecule has 0 fully saturated rings. The van der Waals surface area contributed by atoms with Crippen LogP contribution in [0.2, 0.25) is 0 Å². The van der Waals surface area contributed by atoms with Crippen molar-refractivity contribution in [3.63, 3.8) is 0 Å². The molecule has 0 aliphatic rings. The smallest absolute Gasteiger partial charge is 0.169 e. The van der Waals surface area contributed by atoms with Gasteiger partial charge in [-0.1, -0.05) is 24.3 Å². The fourth-order valence-electron chi connectivity index (χ4n) is 1.80. The van der Waals surface area contributed by atoms with Gasteiger partial charge in [-0.2, -0.15) is 0 Å². The van der Waals surface area contributed by atoms with Crippen molar-refractivity contribution in [3.05, 3.63) is 58.3 Å². The summed E-state index contributed by atoms with van der Waals surface area (Å²) >= 11 is 5.08. The molecule has 0 heterocycles. The maximum atomic E-state index is 14.1. The highest BCUT2D eigenvalue weighted by molar-refractivity contribution is 9.10. The predicted octanol–water partition coefficient (Wildman–Crippen LogP) is 4.39. The van der Waals surface area contributed by atoms with Crippen molar-refractivity contribution in [2.45, 2.75) is 10.9 Å². The van der Waals surface area contributed by atoms with Gasteiger partial charge in [0.2, 0.25) is 0 Å². The maximum absolute atomic E-state index is 14.1. The van der Waals surface area contributed by atoms with Crippen molar-refractivity contribution in [1.29, 1.82) is 0 Å². The maximum Gasteiger partial charge on any atom is 0.169 e. The van der Waals surface area contributed by atoms with Gasteiger partial charge in [0.15, 0.2) is 11.6 Å². The quantitative estimate of drug-likeness (QED) is 0.807. The number of benzene rings is 2. The van der Waals surface area contributed by atoms with Crippen LogP contribution in [-0.4, -0.2) is 12.9 Å². The SMILES string of the molecule is COc1cccc(C(N)CSc2ccccc2Br)c1F. The Bertz CT molecular complexity index is 594. The van der Waals surface area contributed by atoms with E-state index in [1.165, 1.54) is 7.11 Å².